The van der Waals surface area contributed by atoms with Crippen molar-refractivity contribution in [1.82, 2.24) is 15.2 Å². The van der Waals surface area contributed by atoms with E-state index < -0.39 is 0 Å². The number of rotatable bonds is 3. The minimum absolute atomic E-state index is 0.172. The van der Waals surface area contributed by atoms with E-state index in [4.69, 9.17) is 0 Å². The molecule has 1 aliphatic heterocycles. The van der Waals surface area contributed by atoms with E-state index in [1.807, 2.05) is 19.1 Å². The molecule has 0 atom stereocenters. The standard InChI is InChI=1S/C15H19N5O/c1-11-13(10-17-19-11)15(21)18-12-5-6-14(16-9-12)20-7-3-2-4-8-20/h5-6,9-10H,2-4,7-8H2,1H3,(H,17,19)(H,18,21). The predicted molar refractivity (Wildman–Crippen MR) is 81.6 cm³/mol. The smallest absolute Gasteiger partial charge is 0.259 e. The van der Waals surface area contributed by atoms with E-state index in [-0.39, 0.29) is 5.91 Å². The van der Waals surface area contributed by atoms with Crippen molar-refractivity contribution >= 4 is 17.4 Å². The highest BCUT2D eigenvalue weighted by Gasteiger charge is 2.13. The van der Waals surface area contributed by atoms with Gasteiger partial charge in [-0.1, -0.05) is 0 Å². The molecule has 0 spiro atoms. The molecule has 6 heteroatoms. The molecular weight excluding hydrogens is 266 g/mol. The van der Waals surface area contributed by atoms with E-state index in [9.17, 15) is 4.79 Å². The first-order valence-electron chi connectivity index (χ1n) is 7.26. The zero-order valence-electron chi connectivity index (χ0n) is 12.1. The fraction of sp³-hybridized carbons (Fsp3) is 0.400. The molecule has 0 unspecified atom stereocenters. The van der Waals surface area contributed by atoms with Gasteiger partial charge in [-0.2, -0.15) is 5.10 Å². The topological polar surface area (TPSA) is 73.9 Å². The maximum absolute atomic E-state index is 12.1. The second-order valence-corrected chi connectivity index (χ2v) is 5.32. The highest BCUT2D eigenvalue weighted by Crippen LogP contribution is 2.19. The molecule has 0 radical (unpaired) electrons. The Labute approximate surface area is 123 Å². The van der Waals surface area contributed by atoms with Crippen LogP contribution < -0.4 is 10.2 Å². The van der Waals surface area contributed by atoms with Crippen LogP contribution in [0.3, 0.4) is 0 Å². The Morgan fingerprint density at radius 1 is 1.24 bits per heavy atom. The van der Waals surface area contributed by atoms with Crippen molar-refractivity contribution in [2.75, 3.05) is 23.3 Å². The predicted octanol–water partition coefficient (Wildman–Crippen LogP) is 2.36. The third-order valence-electron chi connectivity index (χ3n) is 3.76. The second-order valence-electron chi connectivity index (χ2n) is 5.32. The van der Waals surface area contributed by atoms with E-state index in [1.165, 1.54) is 25.5 Å². The molecule has 21 heavy (non-hydrogen) atoms. The number of hydrogen-bond acceptors (Lipinski definition) is 4. The van der Waals surface area contributed by atoms with Crippen molar-refractivity contribution < 1.29 is 4.79 Å². The Balaban J connectivity index is 1.67. The number of carbonyl (C=O) groups is 1. The van der Waals surface area contributed by atoms with Crippen molar-refractivity contribution in [3.63, 3.8) is 0 Å². The van der Waals surface area contributed by atoms with Crippen LogP contribution in [-0.2, 0) is 0 Å². The van der Waals surface area contributed by atoms with E-state index in [1.54, 1.807) is 6.20 Å². The molecule has 2 aromatic rings. The van der Waals surface area contributed by atoms with E-state index in [0.29, 0.717) is 11.3 Å². The van der Waals surface area contributed by atoms with Crippen LogP contribution in [-0.4, -0.2) is 34.2 Å². The number of H-pyrrole nitrogens is 1. The van der Waals surface area contributed by atoms with Crippen LogP contribution in [0.25, 0.3) is 0 Å². The Morgan fingerprint density at radius 2 is 2.05 bits per heavy atom. The van der Waals surface area contributed by atoms with Crippen LogP contribution in [0.2, 0.25) is 0 Å². The third-order valence-corrected chi connectivity index (χ3v) is 3.76. The lowest BCUT2D eigenvalue weighted by molar-refractivity contribution is 0.102. The van der Waals surface area contributed by atoms with Gasteiger partial charge in [0.05, 0.1) is 23.6 Å². The quantitative estimate of drug-likeness (QED) is 0.908. The van der Waals surface area contributed by atoms with Crippen molar-refractivity contribution in [2.24, 2.45) is 0 Å². The Kier molecular flexibility index (Phi) is 3.85. The van der Waals surface area contributed by atoms with Crippen LogP contribution in [0.1, 0.15) is 35.3 Å². The molecular formula is C15H19N5O. The number of piperidine rings is 1. The maximum atomic E-state index is 12.1. The summed E-state index contributed by atoms with van der Waals surface area (Å²) in [7, 11) is 0. The van der Waals surface area contributed by atoms with Crippen LogP contribution in [0.4, 0.5) is 11.5 Å². The fourth-order valence-corrected chi connectivity index (χ4v) is 2.55. The second kappa shape index (κ2) is 5.95. The summed E-state index contributed by atoms with van der Waals surface area (Å²) in [5.74, 6) is 0.806. The summed E-state index contributed by atoms with van der Waals surface area (Å²) in [5.41, 5.74) is 2.00. The molecule has 0 aliphatic carbocycles. The number of hydrogen-bond donors (Lipinski definition) is 2. The van der Waals surface area contributed by atoms with Crippen LogP contribution in [0.15, 0.2) is 24.5 Å². The lowest BCUT2D eigenvalue weighted by Crippen LogP contribution is -2.30. The lowest BCUT2D eigenvalue weighted by Gasteiger charge is -2.27. The molecule has 1 aliphatic rings. The van der Waals surface area contributed by atoms with Gasteiger partial charge < -0.3 is 10.2 Å². The molecule has 3 rings (SSSR count). The van der Waals surface area contributed by atoms with Crippen LogP contribution >= 0.6 is 0 Å². The molecule has 6 nitrogen and oxygen atoms in total. The average Bonchev–Trinajstić information content (AvgIpc) is 2.95. The Hall–Kier alpha value is -2.37. The molecule has 2 N–H and O–H groups in total. The normalized spacial score (nSPS) is 15.0. The Morgan fingerprint density at radius 3 is 2.67 bits per heavy atom. The van der Waals surface area contributed by atoms with Crippen molar-refractivity contribution in [3.8, 4) is 0 Å². The largest absolute Gasteiger partial charge is 0.357 e. The van der Waals surface area contributed by atoms with Crippen molar-refractivity contribution in [3.05, 3.63) is 35.8 Å². The molecule has 1 amide bonds. The molecule has 0 saturated carbocycles. The minimum Gasteiger partial charge on any atom is -0.357 e. The highest BCUT2D eigenvalue weighted by molar-refractivity contribution is 6.04. The SMILES string of the molecule is Cc1[nH]ncc1C(=O)Nc1ccc(N2CCCCC2)nc1. The van der Waals surface area contributed by atoms with Gasteiger partial charge in [-0.3, -0.25) is 9.89 Å². The van der Waals surface area contributed by atoms with Gasteiger partial charge in [-0.15, -0.1) is 0 Å². The number of nitrogens with zero attached hydrogens (tertiary/aromatic N) is 3. The Bertz CT molecular complexity index is 613. The number of pyridine rings is 1. The molecule has 0 aromatic carbocycles. The lowest BCUT2D eigenvalue weighted by atomic mass is 10.1. The summed E-state index contributed by atoms with van der Waals surface area (Å²) in [6, 6.07) is 3.85. The van der Waals surface area contributed by atoms with E-state index in [0.717, 1.165) is 24.6 Å². The number of aromatic amines is 1. The van der Waals surface area contributed by atoms with Gasteiger partial charge in [-0.05, 0) is 38.3 Å². The number of nitrogens with one attached hydrogen (secondary N) is 2. The zero-order valence-corrected chi connectivity index (χ0v) is 12.1. The number of aryl methyl sites for hydroxylation is 1. The number of aromatic nitrogens is 3. The van der Waals surface area contributed by atoms with Crippen molar-refractivity contribution in [1.29, 1.82) is 0 Å². The number of amides is 1. The molecule has 2 aromatic heterocycles. The molecule has 0 bridgehead atoms. The fourth-order valence-electron chi connectivity index (χ4n) is 2.55. The summed E-state index contributed by atoms with van der Waals surface area (Å²) in [6.45, 7) is 3.94. The number of anilines is 2. The van der Waals surface area contributed by atoms with E-state index in [2.05, 4.69) is 25.4 Å². The third kappa shape index (κ3) is 3.04. The minimum atomic E-state index is -0.172. The number of carbonyl (C=O) groups excluding carboxylic acids is 1. The average molecular weight is 285 g/mol. The first kappa shape index (κ1) is 13.6. The maximum Gasteiger partial charge on any atom is 0.259 e. The van der Waals surface area contributed by atoms with Crippen LogP contribution in [0, 0.1) is 6.92 Å². The first-order chi connectivity index (χ1) is 10.2. The highest BCUT2D eigenvalue weighted by atomic mass is 16.1. The van der Waals surface area contributed by atoms with Gasteiger partial charge in [0, 0.05) is 18.8 Å². The van der Waals surface area contributed by atoms with Gasteiger partial charge in [0.2, 0.25) is 0 Å². The summed E-state index contributed by atoms with van der Waals surface area (Å²) in [4.78, 5) is 18.8. The molecule has 1 saturated heterocycles. The van der Waals surface area contributed by atoms with Gasteiger partial charge in [-0.25, -0.2) is 4.98 Å². The van der Waals surface area contributed by atoms with Gasteiger partial charge in [0.25, 0.3) is 5.91 Å². The summed E-state index contributed by atoms with van der Waals surface area (Å²) in [6.07, 6.45) is 6.98. The molecule has 110 valence electrons. The summed E-state index contributed by atoms with van der Waals surface area (Å²) < 4.78 is 0. The van der Waals surface area contributed by atoms with Gasteiger partial charge in [0.15, 0.2) is 0 Å². The zero-order chi connectivity index (χ0) is 14.7. The molecule has 1 fully saturated rings. The van der Waals surface area contributed by atoms with Gasteiger partial charge in [0.1, 0.15) is 5.82 Å². The van der Waals surface area contributed by atoms with Crippen LogP contribution in [0.5, 0.6) is 0 Å². The van der Waals surface area contributed by atoms with Crippen molar-refractivity contribution in [2.45, 2.75) is 26.2 Å². The molecule has 3 heterocycles. The first-order valence-corrected chi connectivity index (χ1v) is 7.26. The monoisotopic (exact) mass is 285 g/mol. The summed E-state index contributed by atoms with van der Waals surface area (Å²) in [5, 5.41) is 9.44. The van der Waals surface area contributed by atoms with E-state index >= 15 is 0 Å². The van der Waals surface area contributed by atoms with Gasteiger partial charge >= 0.3 is 0 Å². The summed E-state index contributed by atoms with van der Waals surface area (Å²) >= 11 is 0.